The van der Waals surface area contributed by atoms with Gasteiger partial charge in [-0.25, -0.2) is 4.79 Å². The normalized spacial score (nSPS) is 14.7. The lowest BCUT2D eigenvalue weighted by Crippen LogP contribution is -2.50. The number of carbonyl (C=O) groups is 3. The molecule has 2 aromatic carbocycles. The van der Waals surface area contributed by atoms with Gasteiger partial charge in [-0.3, -0.25) is 9.59 Å². The SMILES string of the molecule is C=CCNC(=O)Nc1ccc(NC(=O)C2Cc3ccccc3CN2C(=O)c2ccco2)cc1. The van der Waals surface area contributed by atoms with Crippen molar-refractivity contribution in [3.63, 3.8) is 0 Å². The first-order valence-corrected chi connectivity index (χ1v) is 10.5. The first-order chi connectivity index (χ1) is 16.0. The van der Waals surface area contributed by atoms with E-state index in [-0.39, 0.29) is 23.6 Å². The van der Waals surface area contributed by atoms with Gasteiger partial charge in [0.05, 0.1) is 6.26 Å². The molecule has 0 saturated heterocycles. The van der Waals surface area contributed by atoms with Gasteiger partial charge in [-0.15, -0.1) is 6.58 Å². The number of benzene rings is 2. The van der Waals surface area contributed by atoms with Crippen LogP contribution in [0, 0.1) is 0 Å². The number of anilines is 2. The average Bonchev–Trinajstić information content (AvgIpc) is 3.37. The van der Waals surface area contributed by atoms with E-state index in [1.807, 2.05) is 24.3 Å². The predicted molar refractivity (Wildman–Crippen MR) is 125 cm³/mol. The number of furan rings is 1. The predicted octanol–water partition coefficient (Wildman–Crippen LogP) is 3.79. The average molecular weight is 444 g/mol. The highest BCUT2D eigenvalue weighted by Gasteiger charge is 2.36. The fourth-order valence-electron chi connectivity index (χ4n) is 3.72. The topological polar surface area (TPSA) is 104 Å². The van der Waals surface area contributed by atoms with E-state index in [9.17, 15) is 14.4 Å². The first kappa shape index (κ1) is 21.9. The van der Waals surface area contributed by atoms with Crippen molar-refractivity contribution in [1.29, 1.82) is 0 Å². The van der Waals surface area contributed by atoms with Crippen LogP contribution in [0.3, 0.4) is 0 Å². The fourth-order valence-corrected chi connectivity index (χ4v) is 3.72. The zero-order chi connectivity index (χ0) is 23.2. The molecule has 0 bridgehead atoms. The van der Waals surface area contributed by atoms with Crippen molar-refractivity contribution in [2.45, 2.75) is 19.0 Å². The Hall–Kier alpha value is -4.33. The monoisotopic (exact) mass is 444 g/mol. The molecule has 1 aliphatic heterocycles. The highest BCUT2D eigenvalue weighted by Crippen LogP contribution is 2.26. The van der Waals surface area contributed by atoms with Crippen LogP contribution < -0.4 is 16.0 Å². The van der Waals surface area contributed by atoms with Crippen molar-refractivity contribution in [1.82, 2.24) is 10.2 Å². The van der Waals surface area contributed by atoms with Gasteiger partial charge < -0.3 is 25.3 Å². The van der Waals surface area contributed by atoms with Gasteiger partial charge in [0.2, 0.25) is 5.91 Å². The van der Waals surface area contributed by atoms with E-state index in [4.69, 9.17) is 4.42 Å². The second-order valence-electron chi connectivity index (χ2n) is 7.59. The number of fused-ring (bicyclic) bond motifs is 1. The van der Waals surface area contributed by atoms with Crippen molar-refractivity contribution < 1.29 is 18.8 Å². The van der Waals surface area contributed by atoms with Gasteiger partial charge >= 0.3 is 6.03 Å². The van der Waals surface area contributed by atoms with Crippen molar-refractivity contribution in [2.75, 3.05) is 17.2 Å². The molecule has 1 aliphatic rings. The lowest BCUT2D eigenvalue weighted by Gasteiger charge is -2.35. The summed E-state index contributed by atoms with van der Waals surface area (Å²) in [6.07, 6.45) is 3.42. The summed E-state index contributed by atoms with van der Waals surface area (Å²) in [6.45, 7) is 4.22. The van der Waals surface area contributed by atoms with Crippen molar-refractivity contribution in [3.8, 4) is 0 Å². The van der Waals surface area contributed by atoms with Gasteiger partial charge in [-0.05, 0) is 47.5 Å². The highest BCUT2D eigenvalue weighted by molar-refractivity contribution is 6.00. The van der Waals surface area contributed by atoms with E-state index in [2.05, 4.69) is 22.5 Å². The molecule has 8 heteroatoms. The molecule has 4 rings (SSSR count). The summed E-state index contributed by atoms with van der Waals surface area (Å²) in [4.78, 5) is 39.6. The Morgan fingerprint density at radius 1 is 0.970 bits per heavy atom. The third kappa shape index (κ3) is 5.12. The molecule has 8 nitrogen and oxygen atoms in total. The number of rotatable bonds is 6. The highest BCUT2D eigenvalue weighted by atomic mass is 16.3. The van der Waals surface area contributed by atoms with Crippen LogP contribution >= 0.6 is 0 Å². The number of carbonyl (C=O) groups excluding carboxylic acids is 3. The Morgan fingerprint density at radius 2 is 1.67 bits per heavy atom. The molecule has 1 atom stereocenters. The maximum absolute atomic E-state index is 13.2. The van der Waals surface area contributed by atoms with Crippen LogP contribution in [0.5, 0.6) is 0 Å². The summed E-state index contributed by atoms with van der Waals surface area (Å²) in [7, 11) is 0. The molecule has 168 valence electrons. The van der Waals surface area contributed by atoms with E-state index < -0.39 is 6.04 Å². The molecule has 4 amide bonds. The second-order valence-corrected chi connectivity index (χ2v) is 7.59. The smallest absolute Gasteiger partial charge is 0.319 e. The largest absolute Gasteiger partial charge is 0.459 e. The minimum absolute atomic E-state index is 0.192. The molecule has 1 unspecified atom stereocenters. The molecule has 0 aliphatic carbocycles. The molecule has 1 aromatic heterocycles. The maximum Gasteiger partial charge on any atom is 0.319 e. The van der Waals surface area contributed by atoms with Crippen LogP contribution in [0.2, 0.25) is 0 Å². The van der Waals surface area contributed by atoms with Gasteiger partial charge in [-0.1, -0.05) is 30.3 Å². The summed E-state index contributed by atoms with van der Waals surface area (Å²) in [6, 6.07) is 16.7. The number of amides is 4. The summed E-state index contributed by atoms with van der Waals surface area (Å²) in [5, 5.41) is 8.20. The lowest BCUT2D eigenvalue weighted by molar-refractivity contribution is -0.121. The minimum atomic E-state index is -0.694. The van der Waals surface area contributed by atoms with Gasteiger partial charge in [0.15, 0.2) is 5.76 Å². The van der Waals surface area contributed by atoms with Crippen LogP contribution in [0.25, 0.3) is 0 Å². The molecule has 33 heavy (non-hydrogen) atoms. The van der Waals surface area contributed by atoms with Crippen molar-refractivity contribution >= 4 is 29.2 Å². The van der Waals surface area contributed by atoms with Gasteiger partial charge in [0.1, 0.15) is 6.04 Å². The Bertz CT molecular complexity index is 1160. The van der Waals surface area contributed by atoms with Crippen molar-refractivity contribution in [2.24, 2.45) is 0 Å². The number of nitrogens with zero attached hydrogens (tertiary/aromatic N) is 1. The lowest BCUT2D eigenvalue weighted by atomic mass is 9.93. The Labute approximate surface area is 191 Å². The number of nitrogens with one attached hydrogen (secondary N) is 3. The van der Waals surface area contributed by atoms with E-state index in [0.717, 1.165) is 11.1 Å². The van der Waals surface area contributed by atoms with E-state index in [0.29, 0.717) is 30.9 Å². The molecule has 0 spiro atoms. The third-order valence-corrected chi connectivity index (χ3v) is 5.36. The van der Waals surface area contributed by atoms with Gasteiger partial charge in [0, 0.05) is 30.9 Å². The zero-order valence-corrected chi connectivity index (χ0v) is 17.9. The molecular formula is C25H24N4O4. The number of hydrogen-bond donors (Lipinski definition) is 3. The first-order valence-electron chi connectivity index (χ1n) is 10.5. The molecule has 2 heterocycles. The summed E-state index contributed by atoms with van der Waals surface area (Å²) < 4.78 is 5.28. The van der Waals surface area contributed by atoms with E-state index in [1.54, 1.807) is 42.5 Å². The van der Waals surface area contributed by atoms with Gasteiger partial charge in [-0.2, -0.15) is 0 Å². The van der Waals surface area contributed by atoms with Crippen LogP contribution in [0.4, 0.5) is 16.2 Å². The molecule has 3 aromatic rings. The summed E-state index contributed by atoms with van der Waals surface area (Å²) >= 11 is 0. The fraction of sp³-hybridized carbons (Fsp3) is 0.160. The Balaban J connectivity index is 1.48. The Kier molecular flexibility index (Phi) is 6.54. The van der Waals surface area contributed by atoms with Crippen LogP contribution in [0.15, 0.2) is 84.0 Å². The summed E-state index contributed by atoms with van der Waals surface area (Å²) in [5.74, 6) is -0.439. The second kappa shape index (κ2) is 9.86. The Morgan fingerprint density at radius 3 is 2.33 bits per heavy atom. The molecule has 0 saturated carbocycles. The van der Waals surface area contributed by atoms with E-state index >= 15 is 0 Å². The summed E-state index contributed by atoms with van der Waals surface area (Å²) in [5.41, 5.74) is 3.18. The van der Waals surface area contributed by atoms with Crippen LogP contribution in [-0.2, 0) is 17.8 Å². The van der Waals surface area contributed by atoms with Gasteiger partial charge in [0.25, 0.3) is 5.91 Å². The number of hydrogen-bond acceptors (Lipinski definition) is 4. The molecule has 0 radical (unpaired) electrons. The number of urea groups is 1. The minimum Gasteiger partial charge on any atom is -0.459 e. The van der Waals surface area contributed by atoms with E-state index in [1.165, 1.54) is 11.2 Å². The maximum atomic E-state index is 13.2. The van der Waals surface area contributed by atoms with Crippen LogP contribution in [0.1, 0.15) is 21.7 Å². The quantitative estimate of drug-likeness (QED) is 0.503. The molecule has 3 N–H and O–H groups in total. The molecular weight excluding hydrogens is 420 g/mol. The third-order valence-electron chi connectivity index (χ3n) is 5.36. The molecule has 0 fully saturated rings. The van der Waals surface area contributed by atoms with Crippen molar-refractivity contribution in [3.05, 3.63) is 96.5 Å². The zero-order valence-electron chi connectivity index (χ0n) is 17.9. The standard InChI is InChI=1S/C25H24N4O4/c1-2-13-26-25(32)28-20-11-9-19(10-12-20)27-23(30)21-15-17-6-3-4-7-18(17)16-29(21)24(31)22-8-5-14-33-22/h2-12,14,21H,1,13,15-16H2,(H,27,30)(H2,26,28,32). The van der Waals surface area contributed by atoms with Crippen LogP contribution in [-0.4, -0.2) is 35.3 Å².